The smallest absolute Gasteiger partial charge is 0.390 e. The number of hydrogen-bond acceptors (Lipinski definition) is 8. The van der Waals surface area contributed by atoms with Crippen LogP contribution in [0.15, 0.2) is 12.7 Å². The average Bonchev–Trinajstić information content (AvgIpc) is 3.35. The first kappa shape index (κ1) is 18.1. The number of nitro groups is 1. The van der Waals surface area contributed by atoms with Crippen molar-refractivity contribution < 1.29 is 4.92 Å². The van der Waals surface area contributed by atoms with Crippen LogP contribution in [-0.4, -0.2) is 39.3 Å². The molecular formula is C18H20N8O2S. The molecule has 1 atom stereocenters. The molecule has 1 aliphatic rings. The van der Waals surface area contributed by atoms with Crippen molar-refractivity contribution in [1.82, 2.24) is 34.3 Å². The van der Waals surface area contributed by atoms with Gasteiger partial charge in [-0.1, -0.05) is 25.8 Å². The van der Waals surface area contributed by atoms with Crippen LogP contribution >= 0.6 is 11.3 Å². The summed E-state index contributed by atoms with van der Waals surface area (Å²) in [5, 5.41) is 20.2. The van der Waals surface area contributed by atoms with Crippen molar-refractivity contribution in [1.29, 1.82) is 0 Å². The molecule has 0 saturated carbocycles. The van der Waals surface area contributed by atoms with E-state index in [0.717, 1.165) is 35.1 Å². The number of fused-ring (bicyclic) bond motifs is 5. The van der Waals surface area contributed by atoms with Gasteiger partial charge in [0.05, 0.1) is 5.39 Å². The van der Waals surface area contributed by atoms with Crippen molar-refractivity contribution in [2.75, 3.05) is 0 Å². The van der Waals surface area contributed by atoms with Gasteiger partial charge in [0.15, 0.2) is 11.5 Å². The maximum Gasteiger partial charge on any atom is 0.490 e. The average molecular weight is 412 g/mol. The van der Waals surface area contributed by atoms with E-state index in [-0.39, 0.29) is 6.54 Å². The normalized spacial score (nSPS) is 17.1. The van der Waals surface area contributed by atoms with Gasteiger partial charge in [0.1, 0.15) is 17.7 Å². The van der Waals surface area contributed by atoms with Gasteiger partial charge in [0.25, 0.3) is 0 Å². The summed E-state index contributed by atoms with van der Waals surface area (Å²) in [6.07, 6.45) is 6.26. The maximum absolute atomic E-state index is 10.8. The summed E-state index contributed by atoms with van der Waals surface area (Å²) in [5.41, 5.74) is 2.42. The first-order valence-electron chi connectivity index (χ1n) is 9.48. The zero-order valence-corrected chi connectivity index (χ0v) is 17.2. The Hall–Kier alpha value is -2.95. The van der Waals surface area contributed by atoms with Crippen LogP contribution in [0, 0.1) is 21.4 Å². The molecule has 4 heterocycles. The maximum atomic E-state index is 10.8. The molecule has 11 heteroatoms. The van der Waals surface area contributed by atoms with E-state index in [1.807, 2.05) is 0 Å². The van der Waals surface area contributed by atoms with Crippen LogP contribution < -0.4 is 0 Å². The first-order valence-corrected chi connectivity index (χ1v) is 10.3. The molecule has 0 amide bonds. The minimum Gasteiger partial charge on any atom is -0.390 e. The van der Waals surface area contributed by atoms with E-state index < -0.39 is 10.9 Å². The second kappa shape index (κ2) is 6.28. The lowest BCUT2D eigenvalue weighted by molar-refractivity contribution is -0.394. The highest BCUT2D eigenvalue weighted by Crippen LogP contribution is 2.43. The number of aryl methyl sites for hydroxylation is 1. The Morgan fingerprint density at radius 3 is 2.83 bits per heavy atom. The quantitative estimate of drug-likeness (QED) is 0.375. The van der Waals surface area contributed by atoms with E-state index in [1.54, 1.807) is 22.2 Å². The fourth-order valence-electron chi connectivity index (χ4n) is 4.01. The third-order valence-corrected chi connectivity index (χ3v) is 6.81. The molecule has 4 aromatic heterocycles. The fourth-order valence-corrected chi connectivity index (χ4v) is 5.28. The number of hydrogen-bond donors (Lipinski definition) is 0. The van der Waals surface area contributed by atoms with Gasteiger partial charge in [0, 0.05) is 9.98 Å². The van der Waals surface area contributed by atoms with E-state index in [9.17, 15) is 10.1 Å². The number of aromatic nitrogens is 7. The molecule has 0 spiro atoms. The zero-order valence-electron chi connectivity index (χ0n) is 16.4. The van der Waals surface area contributed by atoms with Crippen LogP contribution in [0.1, 0.15) is 43.5 Å². The standard InChI is InChI=1S/C18H20N8O2S/c1-18(2,3)10-4-5-11-12(6-10)29-16-14(11)15-21-13(22-25(15)9-19-16)7-24-8-20-17(23-24)26(27)28/h8-10H,4-7H2,1-3H3. The van der Waals surface area contributed by atoms with Gasteiger partial charge < -0.3 is 10.1 Å². The van der Waals surface area contributed by atoms with Gasteiger partial charge in [-0.3, -0.25) is 0 Å². The van der Waals surface area contributed by atoms with E-state index in [4.69, 9.17) is 4.98 Å². The van der Waals surface area contributed by atoms with Gasteiger partial charge in [-0.25, -0.2) is 14.5 Å². The summed E-state index contributed by atoms with van der Waals surface area (Å²) in [6.45, 7) is 7.14. The fraction of sp³-hybridized carbons (Fsp3) is 0.500. The predicted molar refractivity (Wildman–Crippen MR) is 107 cm³/mol. The highest BCUT2D eigenvalue weighted by Gasteiger charge is 2.31. The highest BCUT2D eigenvalue weighted by atomic mass is 32.1. The van der Waals surface area contributed by atoms with Gasteiger partial charge in [-0.15, -0.1) is 16.4 Å². The lowest BCUT2D eigenvalue weighted by Gasteiger charge is -2.33. The van der Waals surface area contributed by atoms with E-state index >= 15 is 0 Å². The summed E-state index contributed by atoms with van der Waals surface area (Å²) in [5.74, 6) is 0.746. The molecule has 1 aliphatic carbocycles. The summed E-state index contributed by atoms with van der Waals surface area (Å²) < 4.78 is 3.06. The molecule has 0 N–H and O–H groups in total. The van der Waals surface area contributed by atoms with E-state index in [2.05, 4.69) is 40.9 Å². The SMILES string of the molecule is CC(C)(C)C1CCc2c(sc3ncn4nc(Cn5cnc([N+](=O)[O-])n5)nc4c23)C1. The van der Waals surface area contributed by atoms with Crippen molar-refractivity contribution >= 4 is 33.1 Å². The summed E-state index contributed by atoms with van der Waals surface area (Å²) in [6, 6.07) is 0. The second-order valence-corrected chi connectivity index (χ2v) is 9.61. The lowest BCUT2D eigenvalue weighted by Crippen LogP contribution is -2.26. The summed E-state index contributed by atoms with van der Waals surface area (Å²) >= 11 is 1.76. The van der Waals surface area contributed by atoms with Gasteiger partial charge in [-0.05, 0) is 41.1 Å². The largest absolute Gasteiger partial charge is 0.490 e. The Morgan fingerprint density at radius 1 is 1.28 bits per heavy atom. The molecule has 0 aliphatic heterocycles. The van der Waals surface area contributed by atoms with Crippen LogP contribution in [0.25, 0.3) is 15.9 Å². The predicted octanol–water partition coefficient (Wildman–Crippen LogP) is 3.04. The minimum atomic E-state index is -0.621. The molecule has 5 rings (SSSR count). The van der Waals surface area contributed by atoms with Crippen molar-refractivity contribution in [3.63, 3.8) is 0 Å². The third kappa shape index (κ3) is 3.05. The Labute approximate surface area is 169 Å². The molecular weight excluding hydrogens is 392 g/mol. The molecule has 150 valence electrons. The van der Waals surface area contributed by atoms with Gasteiger partial charge >= 0.3 is 5.95 Å². The number of nitrogens with zero attached hydrogens (tertiary/aromatic N) is 8. The van der Waals surface area contributed by atoms with E-state index in [0.29, 0.717) is 17.2 Å². The zero-order chi connectivity index (χ0) is 20.3. The molecule has 0 radical (unpaired) electrons. The first-order chi connectivity index (χ1) is 13.8. The third-order valence-electron chi connectivity index (χ3n) is 5.65. The Balaban J connectivity index is 1.53. The number of thiophene rings is 1. The Bertz CT molecular complexity index is 1250. The molecule has 0 aromatic carbocycles. The Morgan fingerprint density at radius 2 is 2.10 bits per heavy atom. The van der Waals surface area contributed by atoms with Crippen molar-refractivity contribution in [3.8, 4) is 0 Å². The molecule has 0 saturated heterocycles. The lowest BCUT2D eigenvalue weighted by atomic mass is 9.72. The van der Waals surface area contributed by atoms with Crippen molar-refractivity contribution in [2.24, 2.45) is 11.3 Å². The van der Waals surface area contributed by atoms with Crippen LogP contribution in [-0.2, 0) is 19.4 Å². The van der Waals surface area contributed by atoms with Crippen molar-refractivity contribution in [3.05, 3.63) is 39.0 Å². The molecule has 0 fully saturated rings. The second-order valence-electron chi connectivity index (χ2n) is 8.53. The molecule has 1 unspecified atom stereocenters. The topological polar surface area (TPSA) is 117 Å². The Kier molecular flexibility index (Phi) is 3.92. The van der Waals surface area contributed by atoms with Crippen LogP contribution in [0.5, 0.6) is 0 Å². The summed E-state index contributed by atoms with van der Waals surface area (Å²) in [4.78, 5) is 25.5. The highest BCUT2D eigenvalue weighted by molar-refractivity contribution is 7.19. The van der Waals surface area contributed by atoms with Gasteiger partial charge in [0.2, 0.25) is 6.33 Å². The number of rotatable bonds is 3. The van der Waals surface area contributed by atoms with Crippen molar-refractivity contribution in [2.45, 2.75) is 46.6 Å². The van der Waals surface area contributed by atoms with Crippen LogP contribution in [0.4, 0.5) is 5.95 Å². The molecule has 0 bridgehead atoms. The summed E-state index contributed by atoms with van der Waals surface area (Å²) in [7, 11) is 0. The monoisotopic (exact) mass is 412 g/mol. The molecule has 10 nitrogen and oxygen atoms in total. The minimum absolute atomic E-state index is 0.211. The van der Waals surface area contributed by atoms with Crippen LogP contribution in [0.3, 0.4) is 0 Å². The molecule has 4 aromatic rings. The molecule has 29 heavy (non-hydrogen) atoms. The van der Waals surface area contributed by atoms with Gasteiger partial charge in [-0.2, -0.15) is 4.68 Å². The van der Waals surface area contributed by atoms with E-state index in [1.165, 1.54) is 21.4 Å². The van der Waals surface area contributed by atoms with Crippen LogP contribution in [0.2, 0.25) is 0 Å².